The molecule has 2 heterocycles. The van der Waals surface area contributed by atoms with Crippen molar-refractivity contribution < 1.29 is 27.1 Å². The highest BCUT2D eigenvalue weighted by molar-refractivity contribution is 7.89. The molecule has 0 unspecified atom stereocenters. The van der Waals surface area contributed by atoms with Gasteiger partial charge in [-0.15, -0.1) is 11.3 Å². The normalized spacial score (nSPS) is 13.4. The summed E-state index contributed by atoms with van der Waals surface area (Å²) in [5.74, 6) is -2.11. The molecule has 2 aromatic carbocycles. The van der Waals surface area contributed by atoms with E-state index in [4.69, 9.17) is 10.2 Å². The van der Waals surface area contributed by atoms with Crippen LogP contribution in [-0.4, -0.2) is 34.3 Å². The minimum atomic E-state index is -4.23. The number of carbonyl (C=O) groups is 1. The summed E-state index contributed by atoms with van der Waals surface area (Å²) in [5, 5.41) is 21.2. The van der Waals surface area contributed by atoms with Gasteiger partial charge < -0.3 is 5.11 Å². The van der Waals surface area contributed by atoms with E-state index in [0.717, 1.165) is 53.1 Å². The van der Waals surface area contributed by atoms with Crippen LogP contribution in [0, 0.1) is 17.6 Å². The van der Waals surface area contributed by atoms with Crippen LogP contribution in [0.25, 0.3) is 22.5 Å². The van der Waals surface area contributed by atoms with Crippen molar-refractivity contribution in [3.05, 3.63) is 87.1 Å². The summed E-state index contributed by atoms with van der Waals surface area (Å²) < 4.78 is 54.5. The largest absolute Gasteiger partial charge is 0.476 e. The minimum absolute atomic E-state index is 0.107. The highest BCUT2D eigenvalue weighted by atomic mass is 32.2. The second kappa shape index (κ2) is 10.7. The molecule has 1 aliphatic carbocycles. The molecule has 208 valence electrons. The molecule has 0 radical (unpaired) electrons. The number of nitrogens with zero attached hydrogens (tertiary/aromatic N) is 3. The standard InChI is InChI=1S/C28H26F2N4O4S2/c1-15(2)9-19-13-18(6-7-21(19)29)26-20(10-17-5-8-25(22(30)11-17)40(31,37)38)24(12-16-3-4-16)34(33-26)28-32-23(14-39-28)27(35)36/h5-9,11,13-14,16H,3-4,10,12H2,1-2H3,(H,35,36)(H2,31,37,38). The van der Waals surface area contributed by atoms with Gasteiger partial charge in [0.1, 0.15) is 16.5 Å². The van der Waals surface area contributed by atoms with Crippen LogP contribution in [0.5, 0.6) is 0 Å². The molecule has 4 aromatic rings. The summed E-state index contributed by atoms with van der Waals surface area (Å²) in [6.07, 6.45) is 4.59. The number of aromatic nitrogens is 3. The number of sulfonamides is 1. The van der Waals surface area contributed by atoms with Gasteiger partial charge in [-0.25, -0.2) is 36.8 Å². The van der Waals surface area contributed by atoms with Crippen molar-refractivity contribution in [3.63, 3.8) is 0 Å². The fraction of sp³-hybridized carbons (Fsp3) is 0.250. The molecular weight excluding hydrogens is 558 g/mol. The number of carboxylic acids is 1. The zero-order valence-electron chi connectivity index (χ0n) is 21.7. The molecule has 0 aliphatic heterocycles. The van der Waals surface area contributed by atoms with Gasteiger partial charge >= 0.3 is 5.97 Å². The number of nitrogens with two attached hydrogens (primary N) is 1. The van der Waals surface area contributed by atoms with Crippen molar-refractivity contribution in [2.45, 2.75) is 44.4 Å². The predicted molar refractivity (Wildman–Crippen MR) is 148 cm³/mol. The van der Waals surface area contributed by atoms with Crippen LogP contribution in [-0.2, 0) is 22.9 Å². The predicted octanol–water partition coefficient (Wildman–Crippen LogP) is 5.59. The van der Waals surface area contributed by atoms with Crippen LogP contribution in [0.3, 0.4) is 0 Å². The highest BCUT2D eigenvalue weighted by Crippen LogP contribution is 2.38. The van der Waals surface area contributed by atoms with E-state index in [1.165, 1.54) is 17.5 Å². The van der Waals surface area contributed by atoms with Gasteiger partial charge in [-0.2, -0.15) is 5.10 Å². The van der Waals surface area contributed by atoms with E-state index in [9.17, 15) is 27.1 Å². The monoisotopic (exact) mass is 584 g/mol. The Morgan fingerprint density at radius 2 is 1.93 bits per heavy atom. The summed E-state index contributed by atoms with van der Waals surface area (Å²) in [6.45, 7) is 3.73. The van der Waals surface area contributed by atoms with Gasteiger partial charge in [-0.3, -0.25) is 0 Å². The number of allylic oxidation sites excluding steroid dienone is 1. The quantitative estimate of drug-likeness (QED) is 0.264. The summed E-state index contributed by atoms with van der Waals surface area (Å²) in [7, 11) is -4.23. The maximum absolute atomic E-state index is 14.8. The summed E-state index contributed by atoms with van der Waals surface area (Å²) >= 11 is 1.14. The first kappa shape index (κ1) is 27.8. The van der Waals surface area contributed by atoms with Crippen LogP contribution in [0.15, 0.2) is 52.2 Å². The SMILES string of the molecule is CC(C)=Cc1cc(-c2nn(-c3nc(C(=O)O)cs3)c(CC3CC3)c2Cc2ccc(S(N)(=O)=O)c(F)c2)ccc1F. The lowest BCUT2D eigenvalue weighted by Gasteiger charge is -2.10. The molecule has 40 heavy (non-hydrogen) atoms. The molecule has 5 rings (SSSR count). The van der Waals surface area contributed by atoms with Crippen molar-refractivity contribution >= 4 is 33.4 Å². The van der Waals surface area contributed by atoms with Crippen LogP contribution >= 0.6 is 11.3 Å². The molecule has 0 saturated heterocycles. The first-order chi connectivity index (χ1) is 18.9. The molecule has 0 atom stereocenters. The third-order valence-electron chi connectivity index (χ3n) is 6.56. The highest BCUT2D eigenvalue weighted by Gasteiger charge is 2.29. The molecule has 3 N–H and O–H groups in total. The Bertz CT molecular complexity index is 1770. The molecule has 8 nitrogen and oxygen atoms in total. The van der Waals surface area contributed by atoms with E-state index in [0.29, 0.717) is 39.9 Å². The van der Waals surface area contributed by atoms with Crippen LogP contribution in [0.2, 0.25) is 0 Å². The molecule has 0 spiro atoms. The average molecular weight is 585 g/mol. The summed E-state index contributed by atoms with van der Waals surface area (Å²) in [4.78, 5) is 15.2. The van der Waals surface area contributed by atoms with Gasteiger partial charge in [-0.05, 0) is 74.9 Å². The first-order valence-corrected chi connectivity index (χ1v) is 14.9. The number of aromatic carboxylic acids is 1. The molecule has 0 bridgehead atoms. The number of halogens is 2. The van der Waals surface area contributed by atoms with E-state index in [2.05, 4.69) is 4.98 Å². The Morgan fingerprint density at radius 1 is 1.18 bits per heavy atom. The molecule has 2 aromatic heterocycles. The van der Waals surface area contributed by atoms with Crippen LogP contribution in [0.4, 0.5) is 8.78 Å². The molecule has 1 aliphatic rings. The maximum atomic E-state index is 14.8. The Morgan fingerprint density at radius 3 is 2.52 bits per heavy atom. The number of primary sulfonamides is 1. The zero-order chi connectivity index (χ0) is 28.8. The van der Waals surface area contributed by atoms with Gasteiger partial charge in [0, 0.05) is 28.5 Å². The molecular formula is C28H26F2N4O4S2. The van der Waals surface area contributed by atoms with E-state index >= 15 is 0 Å². The smallest absolute Gasteiger partial charge is 0.355 e. The van der Waals surface area contributed by atoms with Crippen molar-refractivity contribution in [2.75, 3.05) is 0 Å². The van der Waals surface area contributed by atoms with Crippen LogP contribution < -0.4 is 5.14 Å². The third-order valence-corrected chi connectivity index (χ3v) is 8.32. The van der Waals surface area contributed by atoms with E-state index in [-0.39, 0.29) is 12.1 Å². The van der Waals surface area contributed by atoms with Crippen molar-refractivity contribution in [3.8, 4) is 16.4 Å². The van der Waals surface area contributed by atoms with E-state index < -0.39 is 32.5 Å². The second-order valence-electron chi connectivity index (χ2n) is 10.1. The zero-order valence-corrected chi connectivity index (χ0v) is 23.3. The van der Waals surface area contributed by atoms with Gasteiger partial charge in [0.05, 0.1) is 11.4 Å². The summed E-state index contributed by atoms with van der Waals surface area (Å²) in [6, 6.07) is 8.43. The second-order valence-corrected chi connectivity index (χ2v) is 12.5. The fourth-order valence-corrected chi connectivity index (χ4v) is 5.89. The van der Waals surface area contributed by atoms with Gasteiger partial charge in [0.25, 0.3) is 0 Å². The Kier molecular flexibility index (Phi) is 7.42. The minimum Gasteiger partial charge on any atom is -0.476 e. The fourth-order valence-electron chi connectivity index (χ4n) is 4.53. The van der Waals surface area contributed by atoms with Gasteiger partial charge in [0.15, 0.2) is 5.69 Å². The summed E-state index contributed by atoms with van der Waals surface area (Å²) in [5.41, 5.74) is 4.32. The Labute approximate surface area is 233 Å². The lowest BCUT2D eigenvalue weighted by atomic mass is 9.96. The topological polar surface area (TPSA) is 128 Å². The molecule has 0 amide bonds. The molecule has 1 saturated carbocycles. The van der Waals surface area contributed by atoms with Gasteiger partial charge in [-0.1, -0.05) is 17.7 Å². The lowest BCUT2D eigenvalue weighted by molar-refractivity contribution is 0.0691. The Balaban J connectivity index is 1.71. The third kappa shape index (κ3) is 5.88. The van der Waals surface area contributed by atoms with Crippen LogP contribution in [0.1, 0.15) is 59.6 Å². The average Bonchev–Trinajstić information content (AvgIpc) is 3.42. The lowest BCUT2D eigenvalue weighted by Crippen LogP contribution is -2.14. The van der Waals surface area contributed by atoms with Crippen molar-refractivity contribution in [1.82, 2.24) is 14.8 Å². The van der Waals surface area contributed by atoms with Crippen molar-refractivity contribution in [2.24, 2.45) is 11.1 Å². The number of carboxylic acid groups (broad SMARTS) is 1. The van der Waals surface area contributed by atoms with Gasteiger partial charge in [0.2, 0.25) is 15.2 Å². The maximum Gasteiger partial charge on any atom is 0.355 e. The van der Waals surface area contributed by atoms with E-state index in [1.807, 2.05) is 13.8 Å². The molecule has 12 heteroatoms. The number of hydrogen-bond donors (Lipinski definition) is 2. The number of benzene rings is 2. The van der Waals surface area contributed by atoms with Crippen molar-refractivity contribution in [1.29, 1.82) is 0 Å². The Hall–Kier alpha value is -3.74. The number of rotatable bonds is 9. The van der Waals surface area contributed by atoms with E-state index in [1.54, 1.807) is 22.9 Å². The number of hydrogen-bond acceptors (Lipinski definition) is 6. The number of thiazole rings is 1. The first-order valence-electron chi connectivity index (χ1n) is 12.5. The molecule has 1 fully saturated rings.